The highest BCUT2D eigenvalue weighted by Crippen LogP contribution is 2.47. The van der Waals surface area contributed by atoms with E-state index in [0.717, 1.165) is 0 Å². The van der Waals surface area contributed by atoms with Crippen molar-refractivity contribution in [3.63, 3.8) is 0 Å². The molecule has 0 radical (unpaired) electrons. The van der Waals surface area contributed by atoms with Crippen molar-refractivity contribution in [1.29, 1.82) is 0 Å². The molecule has 0 N–H and O–H groups in total. The van der Waals surface area contributed by atoms with E-state index in [0.29, 0.717) is 0 Å². The van der Waals surface area contributed by atoms with Gasteiger partial charge >= 0.3 is 0 Å². The van der Waals surface area contributed by atoms with Crippen molar-refractivity contribution in [2.45, 2.75) is 45.4 Å². The van der Waals surface area contributed by atoms with E-state index in [2.05, 4.69) is 150 Å². The first kappa shape index (κ1) is 22.9. The van der Waals surface area contributed by atoms with Gasteiger partial charge in [0.25, 0.3) is 0 Å². The van der Waals surface area contributed by atoms with Crippen molar-refractivity contribution in [2.24, 2.45) is 0 Å². The first-order valence-electron chi connectivity index (χ1n) is 11.8. The van der Waals surface area contributed by atoms with Crippen LogP contribution in [0.15, 0.2) is 114 Å². The van der Waals surface area contributed by atoms with Gasteiger partial charge in [-0.25, -0.2) is 0 Å². The Labute approximate surface area is 199 Å². The Morgan fingerprint density at radius 3 is 1.91 bits per heavy atom. The molecule has 2 aliphatic rings. The molecule has 168 valence electrons. The van der Waals surface area contributed by atoms with Gasteiger partial charge in [-0.3, -0.25) is 0 Å². The monoisotopic (exact) mass is 433 g/mol. The summed E-state index contributed by atoms with van der Waals surface area (Å²) in [7, 11) is 2.15. The van der Waals surface area contributed by atoms with Gasteiger partial charge in [0, 0.05) is 29.3 Å². The Bertz CT molecular complexity index is 1220. The first-order valence-corrected chi connectivity index (χ1v) is 11.8. The largest absolute Gasteiger partial charge is 0.347 e. The molecule has 0 atom stereocenters. The van der Waals surface area contributed by atoms with E-state index < -0.39 is 0 Å². The number of nitrogens with zero attached hydrogens (tertiary/aromatic N) is 1. The summed E-state index contributed by atoms with van der Waals surface area (Å²) in [5.41, 5.74) is 9.65. The van der Waals surface area contributed by atoms with Crippen LogP contribution in [0.25, 0.3) is 5.57 Å². The fourth-order valence-corrected chi connectivity index (χ4v) is 5.37. The standard InChI is InChI=1S/C32H35N/c1-24-25-18-14-15-20-27(25)31(2,3)26(24)19-12-10-8-7-9-11-13-23-30-32(4,5)28-21-16-17-22-29(28)33(30)6/h7-23H,1-6H3. The van der Waals surface area contributed by atoms with Gasteiger partial charge in [0.15, 0.2) is 0 Å². The highest BCUT2D eigenvalue weighted by atomic mass is 15.2. The molecule has 0 spiro atoms. The van der Waals surface area contributed by atoms with Crippen LogP contribution in [0.2, 0.25) is 0 Å². The average Bonchev–Trinajstić information content (AvgIpc) is 3.12. The van der Waals surface area contributed by atoms with E-state index in [1.165, 1.54) is 39.2 Å². The molecule has 0 unspecified atom stereocenters. The predicted molar refractivity (Wildman–Crippen MR) is 145 cm³/mol. The van der Waals surface area contributed by atoms with Crippen LogP contribution in [0.5, 0.6) is 0 Å². The second-order valence-corrected chi connectivity index (χ2v) is 9.98. The summed E-state index contributed by atoms with van der Waals surface area (Å²) in [5, 5.41) is 0. The minimum absolute atomic E-state index is 0.0184. The molecule has 0 aromatic heterocycles. The number of benzene rings is 2. The Hall–Kier alpha value is -3.32. The lowest BCUT2D eigenvalue weighted by atomic mass is 9.81. The highest BCUT2D eigenvalue weighted by molar-refractivity contribution is 5.81. The van der Waals surface area contributed by atoms with Crippen LogP contribution in [0, 0.1) is 0 Å². The SMILES string of the molecule is CC1=C(C=CC=CC=CC=CC=C2N(C)c3ccccc3C2(C)C)C(C)(C)c2ccccc21. The third-order valence-corrected chi connectivity index (χ3v) is 7.21. The number of hydrogen-bond acceptors (Lipinski definition) is 1. The third-order valence-electron chi connectivity index (χ3n) is 7.21. The smallest absolute Gasteiger partial charge is 0.0447 e. The van der Waals surface area contributed by atoms with Crippen LogP contribution < -0.4 is 4.90 Å². The summed E-state index contributed by atoms with van der Waals surface area (Å²) in [4.78, 5) is 2.30. The second-order valence-electron chi connectivity index (χ2n) is 9.98. The average molecular weight is 434 g/mol. The minimum Gasteiger partial charge on any atom is -0.347 e. The summed E-state index contributed by atoms with van der Waals surface area (Å²) in [6.07, 6.45) is 19.2. The van der Waals surface area contributed by atoms with Crippen LogP contribution in [-0.4, -0.2) is 7.05 Å². The minimum atomic E-state index is 0.0184. The number of anilines is 1. The molecule has 0 saturated heterocycles. The maximum absolute atomic E-state index is 2.31. The molecule has 0 saturated carbocycles. The lowest BCUT2D eigenvalue weighted by molar-refractivity contribution is 0.640. The van der Waals surface area contributed by atoms with Crippen LogP contribution >= 0.6 is 0 Å². The molecule has 33 heavy (non-hydrogen) atoms. The fraction of sp³-hybridized carbons (Fsp3) is 0.250. The summed E-state index contributed by atoms with van der Waals surface area (Å²) in [5.74, 6) is 0. The molecule has 0 amide bonds. The van der Waals surface area contributed by atoms with Crippen molar-refractivity contribution in [3.8, 4) is 0 Å². The van der Waals surface area contributed by atoms with E-state index in [4.69, 9.17) is 0 Å². The van der Waals surface area contributed by atoms with E-state index in [1.54, 1.807) is 0 Å². The van der Waals surface area contributed by atoms with Gasteiger partial charge in [0.2, 0.25) is 0 Å². The van der Waals surface area contributed by atoms with E-state index in [9.17, 15) is 0 Å². The lowest BCUT2D eigenvalue weighted by Gasteiger charge is -2.23. The number of para-hydroxylation sites is 1. The molecule has 4 rings (SSSR count). The van der Waals surface area contributed by atoms with Gasteiger partial charge in [0.05, 0.1) is 0 Å². The number of fused-ring (bicyclic) bond motifs is 2. The van der Waals surface area contributed by atoms with Gasteiger partial charge in [-0.05, 0) is 46.9 Å². The molecule has 1 heteroatoms. The number of rotatable bonds is 5. The van der Waals surface area contributed by atoms with E-state index in [1.807, 2.05) is 0 Å². The normalized spacial score (nSPS) is 20.3. The van der Waals surface area contributed by atoms with Crippen molar-refractivity contribution < 1.29 is 0 Å². The fourth-order valence-electron chi connectivity index (χ4n) is 5.37. The van der Waals surface area contributed by atoms with E-state index in [-0.39, 0.29) is 10.8 Å². The molecule has 2 aromatic rings. The maximum Gasteiger partial charge on any atom is 0.0447 e. The van der Waals surface area contributed by atoms with Gasteiger partial charge < -0.3 is 4.90 Å². The molecular weight excluding hydrogens is 398 g/mol. The van der Waals surface area contributed by atoms with Crippen molar-refractivity contribution in [1.82, 2.24) is 0 Å². The zero-order valence-corrected chi connectivity index (χ0v) is 20.8. The van der Waals surface area contributed by atoms with Crippen molar-refractivity contribution >= 4 is 11.3 Å². The highest BCUT2D eigenvalue weighted by Gasteiger charge is 2.37. The molecule has 1 nitrogen and oxygen atoms in total. The quantitative estimate of drug-likeness (QED) is 0.429. The summed E-state index contributed by atoms with van der Waals surface area (Å²) in [6, 6.07) is 17.4. The summed E-state index contributed by atoms with van der Waals surface area (Å²) >= 11 is 0. The maximum atomic E-state index is 2.31. The zero-order chi connectivity index (χ0) is 23.6. The van der Waals surface area contributed by atoms with Crippen molar-refractivity contribution in [3.05, 3.63) is 131 Å². The zero-order valence-electron chi connectivity index (χ0n) is 20.8. The van der Waals surface area contributed by atoms with Crippen LogP contribution in [0.1, 0.15) is 51.3 Å². The Balaban J connectivity index is 1.38. The van der Waals surface area contributed by atoms with Crippen molar-refractivity contribution in [2.75, 3.05) is 11.9 Å². The topological polar surface area (TPSA) is 3.24 Å². The van der Waals surface area contributed by atoms with Crippen LogP contribution in [0.3, 0.4) is 0 Å². The lowest BCUT2D eigenvalue weighted by Crippen LogP contribution is -2.22. The molecule has 0 fully saturated rings. The van der Waals surface area contributed by atoms with Crippen LogP contribution in [0.4, 0.5) is 5.69 Å². The van der Waals surface area contributed by atoms with Gasteiger partial charge in [0.1, 0.15) is 0 Å². The van der Waals surface area contributed by atoms with Gasteiger partial charge in [-0.2, -0.15) is 0 Å². The Kier molecular flexibility index (Phi) is 6.17. The summed E-state index contributed by atoms with van der Waals surface area (Å²) < 4.78 is 0. The van der Waals surface area contributed by atoms with E-state index >= 15 is 0 Å². The first-order chi connectivity index (χ1) is 15.8. The molecule has 1 aliphatic heterocycles. The molecular formula is C32H35N. The Morgan fingerprint density at radius 1 is 0.667 bits per heavy atom. The molecule has 1 heterocycles. The molecule has 2 aromatic carbocycles. The molecule has 0 bridgehead atoms. The third kappa shape index (κ3) is 4.09. The molecule has 1 aliphatic carbocycles. The summed E-state index contributed by atoms with van der Waals surface area (Å²) in [6.45, 7) is 11.4. The predicted octanol–water partition coefficient (Wildman–Crippen LogP) is 8.29. The number of allylic oxidation sites excluding steroid dienone is 12. The Morgan fingerprint density at radius 2 is 1.24 bits per heavy atom. The van der Waals surface area contributed by atoms with Gasteiger partial charge in [-0.15, -0.1) is 0 Å². The van der Waals surface area contributed by atoms with Gasteiger partial charge in [-0.1, -0.05) is 119 Å². The second kappa shape index (κ2) is 8.90. The number of hydrogen-bond donors (Lipinski definition) is 0. The van der Waals surface area contributed by atoms with Crippen LogP contribution in [-0.2, 0) is 10.8 Å². The number of likely N-dealkylation sites (N-methyl/N-ethyl adjacent to an activating group) is 1.